The van der Waals surface area contributed by atoms with Crippen molar-refractivity contribution in [2.45, 2.75) is 12.6 Å². The van der Waals surface area contributed by atoms with Crippen molar-refractivity contribution in [3.05, 3.63) is 76.1 Å². The maximum Gasteiger partial charge on any atom is 0.253 e. The quantitative estimate of drug-likeness (QED) is 0.399. The SMILES string of the molecule is COCCn1nnnc1C(c1cc2ccc(OC)cc2[nH]c1=O)N1CCN(c2ccc(F)cc2)CC1. The molecule has 1 aliphatic heterocycles. The predicted molar refractivity (Wildman–Crippen MR) is 133 cm³/mol. The van der Waals surface area contributed by atoms with E-state index in [4.69, 9.17) is 9.47 Å². The third-order valence-corrected chi connectivity index (χ3v) is 6.56. The van der Waals surface area contributed by atoms with Crippen LogP contribution in [0.1, 0.15) is 17.4 Å². The zero-order valence-electron chi connectivity index (χ0n) is 20.2. The number of aromatic nitrogens is 5. The van der Waals surface area contributed by atoms with Gasteiger partial charge in [-0.3, -0.25) is 9.69 Å². The first-order valence-corrected chi connectivity index (χ1v) is 11.8. The molecule has 0 bridgehead atoms. The van der Waals surface area contributed by atoms with Gasteiger partial charge < -0.3 is 19.4 Å². The molecule has 2 aromatic heterocycles. The van der Waals surface area contributed by atoms with Crippen LogP contribution in [-0.2, 0) is 11.3 Å². The van der Waals surface area contributed by atoms with Gasteiger partial charge in [-0.1, -0.05) is 0 Å². The van der Waals surface area contributed by atoms with Crippen LogP contribution in [0.5, 0.6) is 5.75 Å². The van der Waals surface area contributed by atoms with Gasteiger partial charge in [-0.05, 0) is 58.3 Å². The highest BCUT2D eigenvalue weighted by Crippen LogP contribution is 2.29. The van der Waals surface area contributed by atoms with E-state index in [0.717, 1.165) is 11.1 Å². The highest BCUT2D eigenvalue weighted by atomic mass is 19.1. The second kappa shape index (κ2) is 10.4. The van der Waals surface area contributed by atoms with E-state index in [1.165, 1.54) is 12.1 Å². The third kappa shape index (κ3) is 4.79. The molecule has 0 aliphatic carbocycles. The average Bonchev–Trinajstić information content (AvgIpc) is 3.36. The van der Waals surface area contributed by atoms with Crippen LogP contribution < -0.4 is 15.2 Å². The number of hydrogen-bond acceptors (Lipinski definition) is 8. The number of aromatic amines is 1. The van der Waals surface area contributed by atoms with Crippen LogP contribution >= 0.6 is 0 Å². The number of rotatable bonds is 8. The summed E-state index contributed by atoms with van der Waals surface area (Å²) in [5.74, 6) is 0.997. The molecule has 3 heterocycles. The van der Waals surface area contributed by atoms with Gasteiger partial charge >= 0.3 is 0 Å². The summed E-state index contributed by atoms with van der Waals surface area (Å²) < 4.78 is 25.6. The smallest absolute Gasteiger partial charge is 0.253 e. The molecule has 1 N–H and O–H groups in total. The molecule has 10 nitrogen and oxygen atoms in total. The topological polar surface area (TPSA) is 101 Å². The number of ether oxygens (including phenoxy) is 2. The number of nitrogens with zero attached hydrogens (tertiary/aromatic N) is 6. The average molecular weight is 494 g/mol. The van der Waals surface area contributed by atoms with Crippen LogP contribution in [0.25, 0.3) is 10.9 Å². The highest BCUT2D eigenvalue weighted by molar-refractivity contribution is 5.80. The van der Waals surface area contributed by atoms with E-state index in [2.05, 4.69) is 30.3 Å². The summed E-state index contributed by atoms with van der Waals surface area (Å²) >= 11 is 0. The van der Waals surface area contributed by atoms with Gasteiger partial charge in [0.05, 0.1) is 25.8 Å². The van der Waals surface area contributed by atoms with Crippen LogP contribution in [-0.4, -0.2) is 77.1 Å². The second-order valence-electron chi connectivity index (χ2n) is 8.66. The fourth-order valence-corrected chi connectivity index (χ4v) is 4.66. The highest BCUT2D eigenvalue weighted by Gasteiger charge is 2.32. The number of anilines is 1. The Morgan fingerprint density at radius 3 is 2.56 bits per heavy atom. The first-order valence-electron chi connectivity index (χ1n) is 11.8. The monoisotopic (exact) mass is 493 g/mol. The number of tetrazole rings is 1. The van der Waals surface area contributed by atoms with E-state index in [1.807, 2.05) is 18.2 Å². The molecule has 1 saturated heterocycles. The van der Waals surface area contributed by atoms with Gasteiger partial charge in [-0.15, -0.1) is 5.10 Å². The van der Waals surface area contributed by atoms with Crippen molar-refractivity contribution in [2.24, 2.45) is 0 Å². The molecule has 2 aromatic carbocycles. The summed E-state index contributed by atoms with van der Waals surface area (Å²) in [4.78, 5) is 20.8. The van der Waals surface area contributed by atoms with E-state index in [9.17, 15) is 9.18 Å². The molecule has 0 amide bonds. The Balaban J connectivity index is 1.50. The lowest BCUT2D eigenvalue weighted by Crippen LogP contribution is -2.49. The Bertz CT molecular complexity index is 1380. The first kappa shape index (κ1) is 23.9. The Kier molecular flexibility index (Phi) is 6.92. The molecular weight excluding hydrogens is 465 g/mol. The summed E-state index contributed by atoms with van der Waals surface area (Å²) in [6.07, 6.45) is 0. The molecule has 1 fully saturated rings. The first-order chi connectivity index (χ1) is 17.6. The number of fused-ring (bicyclic) bond motifs is 1. The number of H-pyrrole nitrogens is 1. The Morgan fingerprint density at radius 1 is 1.06 bits per heavy atom. The van der Waals surface area contributed by atoms with Crippen LogP contribution in [0.15, 0.2) is 53.3 Å². The molecule has 0 spiro atoms. The number of piperazine rings is 1. The normalized spacial score (nSPS) is 15.4. The van der Waals surface area contributed by atoms with Gasteiger partial charge in [0.2, 0.25) is 0 Å². The zero-order valence-corrected chi connectivity index (χ0v) is 20.2. The van der Waals surface area contributed by atoms with Crippen molar-refractivity contribution < 1.29 is 13.9 Å². The van der Waals surface area contributed by atoms with Crippen LogP contribution in [0.4, 0.5) is 10.1 Å². The molecular formula is C25H28FN7O3. The number of nitrogens with one attached hydrogen (secondary N) is 1. The summed E-state index contributed by atoms with van der Waals surface area (Å²) in [5, 5.41) is 13.3. The number of methoxy groups -OCH3 is 2. The Labute approximate surface area is 207 Å². The molecule has 1 unspecified atom stereocenters. The zero-order chi connectivity index (χ0) is 25.1. The van der Waals surface area contributed by atoms with Gasteiger partial charge in [0.25, 0.3) is 5.56 Å². The molecule has 1 aliphatic rings. The summed E-state index contributed by atoms with van der Waals surface area (Å²) in [5.41, 5.74) is 2.02. The molecule has 188 valence electrons. The van der Waals surface area contributed by atoms with Gasteiger partial charge in [0.15, 0.2) is 5.82 Å². The van der Waals surface area contributed by atoms with Crippen LogP contribution in [0.2, 0.25) is 0 Å². The van der Waals surface area contributed by atoms with E-state index in [0.29, 0.717) is 62.0 Å². The molecule has 11 heteroatoms. The lowest BCUT2D eigenvalue weighted by atomic mass is 10.0. The fourth-order valence-electron chi connectivity index (χ4n) is 4.66. The third-order valence-electron chi connectivity index (χ3n) is 6.56. The maximum atomic E-state index is 13.4. The molecule has 0 radical (unpaired) electrons. The summed E-state index contributed by atoms with van der Waals surface area (Å²) in [7, 11) is 3.22. The minimum atomic E-state index is -0.456. The lowest BCUT2D eigenvalue weighted by Gasteiger charge is -2.39. The number of halogens is 1. The van der Waals surface area contributed by atoms with E-state index < -0.39 is 6.04 Å². The van der Waals surface area contributed by atoms with Crippen molar-refractivity contribution >= 4 is 16.6 Å². The van der Waals surface area contributed by atoms with Crippen molar-refractivity contribution in [1.29, 1.82) is 0 Å². The largest absolute Gasteiger partial charge is 0.497 e. The molecule has 5 rings (SSSR count). The van der Waals surface area contributed by atoms with E-state index in [1.54, 1.807) is 37.1 Å². The van der Waals surface area contributed by atoms with E-state index >= 15 is 0 Å². The number of pyridine rings is 1. The minimum absolute atomic E-state index is 0.206. The van der Waals surface area contributed by atoms with Crippen molar-refractivity contribution in [1.82, 2.24) is 30.1 Å². The molecule has 36 heavy (non-hydrogen) atoms. The van der Waals surface area contributed by atoms with Crippen molar-refractivity contribution in [3.63, 3.8) is 0 Å². The van der Waals surface area contributed by atoms with Gasteiger partial charge in [0, 0.05) is 50.6 Å². The van der Waals surface area contributed by atoms with Crippen molar-refractivity contribution in [3.8, 4) is 5.75 Å². The molecule has 4 aromatic rings. The molecule has 1 atom stereocenters. The maximum absolute atomic E-state index is 13.4. The van der Waals surface area contributed by atoms with Gasteiger partial charge in [-0.2, -0.15) is 0 Å². The predicted octanol–water partition coefficient (Wildman–Crippen LogP) is 2.22. The Hall–Kier alpha value is -3.83. The van der Waals surface area contributed by atoms with Gasteiger partial charge in [0.1, 0.15) is 17.6 Å². The lowest BCUT2D eigenvalue weighted by molar-refractivity contribution is 0.171. The number of hydrogen-bond donors (Lipinski definition) is 1. The standard InChI is InChI=1S/C25H28FN7O3/c1-35-14-13-33-24(28-29-30-33)23(21-15-17-3-8-20(36-2)16-22(17)27-25(21)34)32-11-9-31(10-12-32)19-6-4-18(26)5-7-19/h3-8,15-16,23H,9-14H2,1-2H3,(H,27,34). The summed E-state index contributed by atoms with van der Waals surface area (Å²) in [6.45, 7) is 3.66. The van der Waals surface area contributed by atoms with Gasteiger partial charge in [-0.25, -0.2) is 9.07 Å². The second-order valence-corrected chi connectivity index (χ2v) is 8.66. The van der Waals surface area contributed by atoms with Crippen LogP contribution in [0, 0.1) is 5.82 Å². The minimum Gasteiger partial charge on any atom is -0.497 e. The fraction of sp³-hybridized carbons (Fsp3) is 0.360. The molecule has 0 saturated carbocycles. The van der Waals surface area contributed by atoms with Crippen molar-refractivity contribution in [2.75, 3.05) is 51.9 Å². The Morgan fingerprint density at radius 2 is 1.83 bits per heavy atom. The van der Waals surface area contributed by atoms with E-state index in [-0.39, 0.29) is 11.4 Å². The number of benzene rings is 2. The van der Waals surface area contributed by atoms with Crippen LogP contribution in [0.3, 0.4) is 0 Å². The summed E-state index contributed by atoms with van der Waals surface area (Å²) in [6, 6.07) is 13.6.